The number of nitrogens with one attached hydrogen (secondary N) is 1. The molecule has 3 N–H and O–H groups in total. The van der Waals surface area contributed by atoms with Gasteiger partial charge in [0.1, 0.15) is 5.82 Å². The van der Waals surface area contributed by atoms with Crippen molar-refractivity contribution in [2.24, 2.45) is 5.73 Å². The van der Waals surface area contributed by atoms with Crippen LogP contribution in [0, 0.1) is 5.82 Å². The number of rotatable bonds is 3. The topological polar surface area (TPSA) is 55.1 Å². The lowest BCUT2D eigenvalue weighted by Crippen LogP contribution is -2.41. The zero-order valence-electron chi connectivity index (χ0n) is 9.22. The van der Waals surface area contributed by atoms with Crippen LogP contribution in [-0.2, 0) is 0 Å². The number of amides is 1. The van der Waals surface area contributed by atoms with E-state index in [-0.39, 0.29) is 11.1 Å². The van der Waals surface area contributed by atoms with Gasteiger partial charge in [0.25, 0.3) is 5.91 Å². The highest BCUT2D eigenvalue weighted by atomic mass is 19.1. The molecule has 0 radical (unpaired) electrons. The molecule has 0 spiro atoms. The first-order chi connectivity index (χ1) is 7.50. The zero-order valence-corrected chi connectivity index (χ0v) is 9.22. The Balaban J connectivity index is 2.18. The molecule has 1 amide bonds. The second kappa shape index (κ2) is 3.77. The Morgan fingerprint density at radius 2 is 2.19 bits per heavy atom. The number of nitrogens with two attached hydrogens (primary N) is 1. The molecule has 86 valence electrons. The van der Waals surface area contributed by atoms with Crippen LogP contribution in [0.15, 0.2) is 18.2 Å². The van der Waals surface area contributed by atoms with Gasteiger partial charge in [-0.15, -0.1) is 0 Å². The van der Waals surface area contributed by atoms with E-state index in [1.54, 1.807) is 6.07 Å². The monoisotopic (exact) mass is 222 g/mol. The van der Waals surface area contributed by atoms with Crippen molar-refractivity contribution in [2.45, 2.75) is 31.7 Å². The number of primary amides is 1. The van der Waals surface area contributed by atoms with Gasteiger partial charge >= 0.3 is 0 Å². The Kier molecular flexibility index (Phi) is 2.58. The van der Waals surface area contributed by atoms with Crippen LogP contribution in [0.1, 0.15) is 36.5 Å². The molecule has 0 heterocycles. The van der Waals surface area contributed by atoms with Crippen molar-refractivity contribution >= 4 is 11.6 Å². The lowest BCUT2D eigenvalue weighted by atomic mass is 9.78. The minimum atomic E-state index is -0.737. The Morgan fingerprint density at radius 1 is 1.50 bits per heavy atom. The predicted molar refractivity (Wildman–Crippen MR) is 60.8 cm³/mol. The third-order valence-corrected chi connectivity index (χ3v) is 3.14. The van der Waals surface area contributed by atoms with Gasteiger partial charge in [0.2, 0.25) is 0 Å². The van der Waals surface area contributed by atoms with Crippen LogP contribution in [0.2, 0.25) is 0 Å². The maximum absolute atomic E-state index is 13.5. The van der Waals surface area contributed by atoms with Crippen molar-refractivity contribution in [3.8, 4) is 0 Å². The van der Waals surface area contributed by atoms with E-state index in [1.807, 2.05) is 0 Å². The Labute approximate surface area is 93.8 Å². The Morgan fingerprint density at radius 3 is 2.62 bits per heavy atom. The largest absolute Gasteiger partial charge is 0.380 e. The highest BCUT2D eigenvalue weighted by Crippen LogP contribution is 2.34. The number of halogens is 1. The van der Waals surface area contributed by atoms with E-state index in [0.29, 0.717) is 5.69 Å². The molecule has 2 rings (SSSR count). The standard InChI is InChI=1S/C12H15FN2O/c1-12(5-2-6-12)15-8-3-4-9(11(14)16)10(13)7-8/h3-4,7,15H,2,5-6H2,1H3,(H2,14,16). The number of carbonyl (C=O) groups is 1. The van der Waals surface area contributed by atoms with Crippen LogP contribution >= 0.6 is 0 Å². The average molecular weight is 222 g/mol. The average Bonchev–Trinajstić information content (AvgIpc) is 2.14. The quantitative estimate of drug-likeness (QED) is 0.824. The van der Waals surface area contributed by atoms with Gasteiger partial charge in [0, 0.05) is 11.2 Å². The normalized spacial score (nSPS) is 17.6. The summed E-state index contributed by atoms with van der Waals surface area (Å²) in [5.74, 6) is -1.31. The van der Waals surface area contributed by atoms with Gasteiger partial charge < -0.3 is 11.1 Å². The number of anilines is 1. The molecule has 1 aliphatic carbocycles. The molecular formula is C12H15FN2O. The molecule has 0 saturated heterocycles. The van der Waals surface area contributed by atoms with Crippen LogP contribution in [0.3, 0.4) is 0 Å². The highest BCUT2D eigenvalue weighted by Gasteiger charge is 2.31. The molecule has 4 heteroatoms. The summed E-state index contributed by atoms with van der Waals surface area (Å²) in [6, 6.07) is 4.43. The van der Waals surface area contributed by atoms with Crippen LogP contribution < -0.4 is 11.1 Å². The van der Waals surface area contributed by atoms with E-state index in [2.05, 4.69) is 12.2 Å². The fraction of sp³-hybridized carbons (Fsp3) is 0.417. The molecule has 0 bridgehead atoms. The lowest BCUT2D eigenvalue weighted by molar-refractivity contribution is 0.0996. The maximum atomic E-state index is 13.5. The summed E-state index contributed by atoms with van der Waals surface area (Å²) in [7, 11) is 0. The van der Waals surface area contributed by atoms with E-state index in [0.717, 1.165) is 12.8 Å². The molecule has 0 aliphatic heterocycles. The van der Waals surface area contributed by atoms with Crippen molar-refractivity contribution in [3.05, 3.63) is 29.6 Å². The molecule has 1 aliphatic rings. The number of carbonyl (C=O) groups excluding carboxylic acids is 1. The summed E-state index contributed by atoms with van der Waals surface area (Å²) in [5.41, 5.74) is 5.73. The van der Waals surface area contributed by atoms with E-state index in [4.69, 9.17) is 5.73 Å². The van der Waals surface area contributed by atoms with E-state index < -0.39 is 11.7 Å². The number of benzene rings is 1. The van der Waals surface area contributed by atoms with Crippen molar-refractivity contribution in [1.82, 2.24) is 0 Å². The minimum Gasteiger partial charge on any atom is -0.380 e. The number of hydrogen-bond acceptors (Lipinski definition) is 2. The smallest absolute Gasteiger partial charge is 0.251 e. The lowest BCUT2D eigenvalue weighted by Gasteiger charge is -2.40. The fourth-order valence-corrected chi connectivity index (χ4v) is 1.97. The van der Waals surface area contributed by atoms with E-state index in [9.17, 15) is 9.18 Å². The van der Waals surface area contributed by atoms with Gasteiger partial charge in [-0.2, -0.15) is 0 Å². The van der Waals surface area contributed by atoms with Gasteiger partial charge in [-0.05, 0) is 44.4 Å². The predicted octanol–water partition coefficient (Wildman–Crippen LogP) is 2.28. The van der Waals surface area contributed by atoms with Crippen LogP contribution in [0.5, 0.6) is 0 Å². The summed E-state index contributed by atoms with van der Waals surface area (Å²) < 4.78 is 13.5. The molecule has 0 aromatic heterocycles. The summed E-state index contributed by atoms with van der Waals surface area (Å²) in [4.78, 5) is 10.8. The first-order valence-corrected chi connectivity index (χ1v) is 5.38. The van der Waals surface area contributed by atoms with Gasteiger partial charge in [-0.1, -0.05) is 0 Å². The Bertz CT molecular complexity index is 427. The summed E-state index contributed by atoms with van der Waals surface area (Å²) in [6.07, 6.45) is 3.38. The molecule has 1 aromatic carbocycles. The molecule has 16 heavy (non-hydrogen) atoms. The second-order valence-electron chi connectivity index (χ2n) is 4.60. The summed E-state index contributed by atoms with van der Waals surface area (Å²) >= 11 is 0. The molecule has 0 unspecified atom stereocenters. The van der Waals surface area contributed by atoms with Crippen molar-refractivity contribution in [3.63, 3.8) is 0 Å². The van der Waals surface area contributed by atoms with Gasteiger partial charge in [0.15, 0.2) is 0 Å². The third-order valence-electron chi connectivity index (χ3n) is 3.14. The Hall–Kier alpha value is -1.58. The first kappa shape index (κ1) is 10.9. The van der Waals surface area contributed by atoms with E-state index in [1.165, 1.54) is 18.6 Å². The summed E-state index contributed by atoms with van der Waals surface area (Å²) in [5, 5.41) is 3.27. The minimum absolute atomic E-state index is 0.0655. The molecule has 3 nitrogen and oxygen atoms in total. The zero-order chi connectivity index (χ0) is 11.8. The molecule has 1 aromatic rings. The van der Waals surface area contributed by atoms with Crippen molar-refractivity contribution < 1.29 is 9.18 Å². The van der Waals surface area contributed by atoms with Gasteiger partial charge in [0.05, 0.1) is 5.56 Å². The number of hydrogen-bond donors (Lipinski definition) is 2. The second-order valence-corrected chi connectivity index (χ2v) is 4.60. The fourth-order valence-electron chi connectivity index (χ4n) is 1.97. The van der Waals surface area contributed by atoms with Crippen LogP contribution in [0.4, 0.5) is 10.1 Å². The van der Waals surface area contributed by atoms with E-state index >= 15 is 0 Å². The van der Waals surface area contributed by atoms with Gasteiger partial charge in [-0.3, -0.25) is 4.79 Å². The van der Waals surface area contributed by atoms with Gasteiger partial charge in [-0.25, -0.2) is 4.39 Å². The van der Waals surface area contributed by atoms with Crippen molar-refractivity contribution in [1.29, 1.82) is 0 Å². The van der Waals surface area contributed by atoms with Crippen LogP contribution in [0.25, 0.3) is 0 Å². The summed E-state index contributed by atoms with van der Waals surface area (Å²) in [6.45, 7) is 2.11. The van der Waals surface area contributed by atoms with Crippen molar-refractivity contribution in [2.75, 3.05) is 5.32 Å². The maximum Gasteiger partial charge on any atom is 0.251 e. The SMILES string of the molecule is CC1(Nc2ccc(C(N)=O)c(F)c2)CCC1. The molecular weight excluding hydrogens is 207 g/mol. The first-order valence-electron chi connectivity index (χ1n) is 5.38. The van der Waals surface area contributed by atoms with Crippen LogP contribution in [-0.4, -0.2) is 11.4 Å². The molecule has 1 saturated carbocycles. The highest BCUT2D eigenvalue weighted by molar-refractivity contribution is 5.93. The third kappa shape index (κ3) is 2.01. The molecule has 1 fully saturated rings. The molecule has 0 atom stereocenters.